The number of carbonyl (C=O) groups is 1. The van der Waals surface area contributed by atoms with Gasteiger partial charge in [-0.25, -0.2) is 0 Å². The van der Waals surface area contributed by atoms with Crippen molar-refractivity contribution in [3.8, 4) is 11.3 Å². The maximum Gasteiger partial charge on any atom is 0.227 e. The highest BCUT2D eigenvalue weighted by molar-refractivity contribution is 5.95. The molecule has 3 heterocycles. The molecule has 22 heavy (non-hydrogen) atoms. The molecule has 1 aliphatic rings. The lowest BCUT2D eigenvalue weighted by Gasteiger charge is -2.17. The van der Waals surface area contributed by atoms with E-state index in [1.165, 1.54) is 0 Å². The molecule has 0 aromatic carbocycles. The van der Waals surface area contributed by atoms with Crippen LogP contribution in [0.4, 0.5) is 5.69 Å². The van der Waals surface area contributed by atoms with Gasteiger partial charge in [0.15, 0.2) is 0 Å². The van der Waals surface area contributed by atoms with Crippen LogP contribution < -0.4 is 11.1 Å². The Morgan fingerprint density at radius 2 is 2.23 bits per heavy atom. The molecule has 0 spiro atoms. The van der Waals surface area contributed by atoms with E-state index in [4.69, 9.17) is 5.73 Å². The Morgan fingerprint density at radius 1 is 1.41 bits per heavy atom. The summed E-state index contributed by atoms with van der Waals surface area (Å²) in [6.45, 7) is 1.94. The summed E-state index contributed by atoms with van der Waals surface area (Å²) in [6.07, 6.45) is 5.99. The van der Waals surface area contributed by atoms with Gasteiger partial charge in [-0.05, 0) is 25.0 Å². The predicted octanol–water partition coefficient (Wildman–Crippen LogP) is 2.24. The average molecular weight is 299 g/mol. The first kappa shape index (κ1) is 14.7. The van der Waals surface area contributed by atoms with E-state index in [2.05, 4.69) is 15.4 Å². The van der Waals surface area contributed by atoms with Gasteiger partial charge in [-0.1, -0.05) is 13.3 Å². The Labute approximate surface area is 129 Å². The van der Waals surface area contributed by atoms with Gasteiger partial charge in [0.2, 0.25) is 5.91 Å². The Bertz CT molecular complexity index is 694. The molecule has 2 bridgehead atoms. The number of hydrogen-bond acceptors (Lipinski definition) is 4. The molecular formula is C16H21N5O. The molecule has 6 heteroatoms. The Morgan fingerprint density at radius 3 is 3.05 bits per heavy atom. The second-order valence-electron chi connectivity index (χ2n) is 5.93. The molecule has 1 amide bonds. The lowest BCUT2D eigenvalue weighted by atomic mass is 9.97. The number of amides is 1. The SMILES string of the molecule is CC1CCCC(N)c2cc(ccn2)-c2c(cnn2C)NC1=O. The van der Waals surface area contributed by atoms with Crippen molar-refractivity contribution in [1.82, 2.24) is 14.8 Å². The minimum Gasteiger partial charge on any atom is -0.323 e. The van der Waals surface area contributed by atoms with Crippen LogP contribution in [0.2, 0.25) is 0 Å². The molecule has 3 rings (SSSR count). The summed E-state index contributed by atoms with van der Waals surface area (Å²) >= 11 is 0. The zero-order chi connectivity index (χ0) is 15.7. The van der Waals surface area contributed by atoms with E-state index < -0.39 is 0 Å². The zero-order valence-electron chi connectivity index (χ0n) is 12.9. The van der Waals surface area contributed by atoms with Gasteiger partial charge in [-0.3, -0.25) is 14.5 Å². The van der Waals surface area contributed by atoms with Gasteiger partial charge in [0.05, 0.1) is 23.3 Å². The van der Waals surface area contributed by atoms with Crippen molar-refractivity contribution in [2.24, 2.45) is 18.7 Å². The number of pyridine rings is 1. The molecule has 2 aromatic heterocycles. The number of aromatic nitrogens is 3. The van der Waals surface area contributed by atoms with Crippen LogP contribution in [0, 0.1) is 5.92 Å². The monoisotopic (exact) mass is 299 g/mol. The molecule has 116 valence electrons. The maximum absolute atomic E-state index is 12.3. The lowest BCUT2D eigenvalue weighted by molar-refractivity contribution is -0.119. The average Bonchev–Trinajstić information content (AvgIpc) is 2.87. The Kier molecular flexibility index (Phi) is 3.94. The fraction of sp³-hybridized carbons (Fsp3) is 0.438. The fourth-order valence-electron chi connectivity index (χ4n) is 2.85. The highest BCUT2D eigenvalue weighted by atomic mass is 16.1. The van der Waals surface area contributed by atoms with Crippen molar-refractivity contribution in [2.45, 2.75) is 32.2 Å². The van der Waals surface area contributed by atoms with E-state index in [9.17, 15) is 4.79 Å². The van der Waals surface area contributed by atoms with Crippen molar-refractivity contribution in [2.75, 3.05) is 5.32 Å². The summed E-state index contributed by atoms with van der Waals surface area (Å²) in [5, 5.41) is 7.27. The van der Waals surface area contributed by atoms with Crippen molar-refractivity contribution < 1.29 is 4.79 Å². The van der Waals surface area contributed by atoms with Gasteiger partial charge in [0.25, 0.3) is 0 Å². The van der Waals surface area contributed by atoms with Gasteiger partial charge in [0.1, 0.15) is 0 Å². The van der Waals surface area contributed by atoms with E-state index in [1.54, 1.807) is 17.1 Å². The third-order valence-corrected chi connectivity index (χ3v) is 4.23. The molecule has 0 fully saturated rings. The van der Waals surface area contributed by atoms with Crippen molar-refractivity contribution in [1.29, 1.82) is 0 Å². The zero-order valence-corrected chi connectivity index (χ0v) is 12.9. The summed E-state index contributed by atoms with van der Waals surface area (Å²) < 4.78 is 1.76. The molecule has 2 aromatic rings. The van der Waals surface area contributed by atoms with Crippen LogP contribution >= 0.6 is 0 Å². The third kappa shape index (κ3) is 2.74. The quantitative estimate of drug-likeness (QED) is 0.781. The molecule has 6 nitrogen and oxygen atoms in total. The summed E-state index contributed by atoms with van der Waals surface area (Å²) in [5.41, 5.74) is 9.69. The minimum atomic E-state index is -0.105. The van der Waals surface area contributed by atoms with E-state index in [1.807, 2.05) is 26.1 Å². The number of fused-ring (bicyclic) bond motifs is 4. The second-order valence-corrected chi connectivity index (χ2v) is 5.93. The van der Waals surface area contributed by atoms with E-state index in [0.29, 0.717) is 0 Å². The first-order valence-corrected chi connectivity index (χ1v) is 7.61. The van der Waals surface area contributed by atoms with E-state index in [-0.39, 0.29) is 17.9 Å². The van der Waals surface area contributed by atoms with Crippen molar-refractivity contribution >= 4 is 11.6 Å². The molecule has 0 saturated carbocycles. The normalized spacial score (nSPS) is 22.2. The van der Waals surface area contributed by atoms with E-state index in [0.717, 1.165) is 41.9 Å². The topological polar surface area (TPSA) is 85.8 Å². The molecule has 2 atom stereocenters. The van der Waals surface area contributed by atoms with Crippen LogP contribution in [0.25, 0.3) is 11.3 Å². The fourth-order valence-corrected chi connectivity index (χ4v) is 2.85. The molecule has 0 radical (unpaired) electrons. The van der Waals surface area contributed by atoms with Gasteiger partial charge in [-0.2, -0.15) is 5.10 Å². The number of nitrogens with zero attached hydrogens (tertiary/aromatic N) is 3. The standard InChI is InChI=1S/C16H21N5O/c1-10-4-3-5-12(17)13-8-11(6-7-18-13)15-14(20-16(10)22)9-19-21(15)2/h6-10,12H,3-5,17H2,1-2H3,(H,20,22). The number of nitrogens with one attached hydrogen (secondary N) is 1. The summed E-state index contributed by atoms with van der Waals surface area (Å²) in [7, 11) is 1.86. The van der Waals surface area contributed by atoms with Crippen LogP contribution in [-0.2, 0) is 11.8 Å². The third-order valence-electron chi connectivity index (χ3n) is 4.23. The number of nitrogens with two attached hydrogens (primary N) is 1. The number of aryl methyl sites for hydroxylation is 1. The number of hydrogen-bond donors (Lipinski definition) is 2. The summed E-state index contributed by atoms with van der Waals surface area (Å²) in [5.74, 6) is -0.0244. The Hall–Kier alpha value is -2.21. The molecule has 0 saturated heterocycles. The smallest absolute Gasteiger partial charge is 0.227 e. The lowest BCUT2D eigenvalue weighted by Crippen LogP contribution is -2.21. The van der Waals surface area contributed by atoms with Crippen LogP contribution in [0.3, 0.4) is 0 Å². The maximum atomic E-state index is 12.3. The largest absolute Gasteiger partial charge is 0.323 e. The van der Waals surface area contributed by atoms with Gasteiger partial charge in [0, 0.05) is 30.8 Å². The molecule has 1 aliphatic heterocycles. The molecule has 3 N–H and O–H groups in total. The van der Waals surface area contributed by atoms with Crippen LogP contribution in [-0.4, -0.2) is 20.7 Å². The summed E-state index contributed by atoms with van der Waals surface area (Å²) in [6, 6.07) is 3.80. The second kappa shape index (κ2) is 5.88. The minimum absolute atomic E-state index is 0.0256. The van der Waals surface area contributed by atoms with Crippen LogP contribution in [0.5, 0.6) is 0 Å². The van der Waals surface area contributed by atoms with Crippen LogP contribution in [0.1, 0.15) is 37.9 Å². The molecule has 2 unspecified atom stereocenters. The number of carbonyl (C=O) groups excluding carboxylic acids is 1. The van der Waals surface area contributed by atoms with Crippen LogP contribution in [0.15, 0.2) is 24.5 Å². The Balaban J connectivity index is 2.10. The number of anilines is 1. The molecular weight excluding hydrogens is 278 g/mol. The van der Waals surface area contributed by atoms with Gasteiger partial charge in [-0.15, -0.1) is 0 Å². The van der Waals surface area contributed by atoms with Gasteiger partial charge < -0.3 is 11.1 Å². The highest BCUT2D eigenvalue weighted by Gasteiger charge is 2.20. The number of rotatable bonds is 0. The highest BCUT2D eigenvalue weighted by Crippen LogP contribution is 2.30. The molecule has 0 aliphatic carbocycles. The van der Waals surface area contributed by atoms with Gasteiger partial charge >= 0.3 is 0 Å². The van der Waals surface area contributed by atoms with E-state index >= 15 is 0 Å². The van der Waals surface area contributed by atoms with Crippen molar-refractivity contribution in [3.63, 3.8) is 0 Å². The first-order chi connectivity index (χ1) is 10.6. The first-order valence-electron chi connectivity index (χ1n) is 7.61. The van der Waals surface area contributed by atoms with Crippen molar-refractivity contribution in [3.05, 3.63) is 30.2 Å². The summed E-state index contributed by atoms with van der Waals surface area (Å²) in [4.78, 5) is 16.7. The predicted molar refractivity (Wildman–Crippen MR) is 85.0 cm³/mol.